The lowest BCUT2D eigenvalue weighted by Gasteiger charge is -2.30. The molecule has 0 radical (unpaired) electrons. The Morgan fingerprint density at radius 1 is 1.31 bits per heavy atom. The first-order chi connectivity index (χ1) is 12.5. The molecule has 6 nitrogen and oxygen atoms in total. The molecule has 0 spiro atoms. The topological polar surface area (TPSA) is 57.5 Å². The SMILES string of the molecule is CCN(CC)C(CNC(=NC)NCc1c(C)nn(C)c1C)c1ccsc1. The predicted octanol–water partition coefficient (Wildman–Crippen LogP) is 2.85. The van der Waals surface area contributed by atoms with E-state index in [0.717, 1.165) is 37.8 Å². The molecule has 144 valence electrons. The average Bonchev–Trinajstić information content (AvgIpc) is 3.24. The van der Waals surface area contributed by atoms with Gasteiger partial charge in [-0.25, -0.2) is 0 Å². The Hall–Kier alpha value is -1.86. The molecule has 0 aliphatic heterocycles. The van der Waals surface area contributed by atoms with E-state index in [1.807, 2.05) is 25.7 Å². The first kappa shape index (κ1) is 20.5. The molecule has 1 unspecified atom stereocenters. The van der Waals surface area contributed by atoms with Gasteiger partial charge in [0.2, 0.25) is 0 Å². The van der Waals surface area contributed by atoms with Crippen molar-refractivity contribution in [2.75, 3.05) is 26.7 Å². The van der Waals surface area contributed by atoms with Crippen LogP contribution in [0, 0.1) is 13.8 Å². The third-order valence-corrected chi connectivity index (χ3v) is 5.66. The maximum atomic E-state index is 4.48. The van der Waals surface area contributed by atoms with Gasteiger partial charge < -0.3 is 10.6 Å². The number of hydrogen-bond donors (Lipinski definition) is 2. The molecule has 0 aliphatic carbocycles. The Morgan fingerprint density at radius 3 is 2.54 bits per heavy atom. The van der Waals surface area contributed by atoms with E-state index in [1.165, 1.54) is 16.8 Å². The maximum absolute atomic E-state index is 4.48. The first-order valence-corrected chi connectivity index (χ1v) is 10.2. The molecule has 2 aromatic heterocycles. The van der Waals surface area contributed by atoms with Gasteiger partial charge in [-0.1, -0.05) is 13.8 Å². The molecule has 2 rings (SSSR count). The highest BCUT2D eigenvalue weighted by Crippen LogP contribution is 2.22. The number of aromatic nitrogens is 2. The van der Waals surface area contributed by atoms with Crippen LogP contribution >= 0.6 is 11.3 Å². The molecular weight excluding hydrogens is 344 g/mol. The molecule has 0 amide bonds. The van der Waals surface area contributed by atoms with Gasteiger partial charge in [0, 0.05) is 38.4 Å². The third-order valence-electron chi connectivity index (χ3n) is 4.96. The van der Waals surface area contributed by atoms with Crippen molar-refractivity contribution < 1.29 is 0 Å². The summed E-state index contributed by atoms with van der Waals surface area (Å²) in [4.78, 5) is 6.85. The molecule has 0 aromatic carbocycles. The molecule has 2 N–H and O–H groups in total. The smallest absolute Gasteiger partial charge is 0.191 e. The minimum Gasteiger partial charge on any atom is -0.354 e. The zero-order chi connectivity index (χ0) is 19.1. The van der Waals surface area contributed by atoms with E-state index in [4.69, 9.17) is 0 Å². The summed E-state index contributed by atoms with van der Waals surface area (Å²) >= 11 is 1.75. The number of hydrogen-bond acceptors (Lipinski definition) is 4. The van der Waals surface area contributed by atoms with E-state index in [-0.39, 0.29) is 0 Å². The summed E-state index contributed by atoms with van der Waals surface area (Å²) in [5, 5.41) is 15.8. The number of nitrogens with one attached hydrogen (secondary N) is 2. The second kappa shape index (κ2) is 9.73. The van der Waals surface area contributed by atoms with Crippen molar-refractivity contribution in [3.63, 3.8) is 0 Å². The Labute approximate surface area is 161 Å². The minimum absolute atomic E-state index is 0.344. The fourth-order valence-electron chi connectivity index (χ4n) is 3.25. The zero-order valence-corrected chi connectivity index (χ0v) is 17.7. The summed E-state index contributed by atoms with van der Waals surface area (Å²) in [5.41, 5.74) is 4.84. The normalized spacial score (nSPS) is 13.3. The van der Waals surface area contributed by atoms with E-state index in [0.29, 0.717) is 6.04 Å². The standard InChI is InChI=1S/C19H32N6S/c1-7-25(8-2)18(16-9-10-26-13-16)12-22-19(20-5)21-11-17-14(3)23-24(6)15(17)4/h9-10,13,18H,7-8,11-12H2,1-6H3,(H2,20,21,22). The number of aryl methyl sites for hydroxylation is 2. The van der Waals surface area contributed by atoms with Crippen LogP contribution in [0.3, 0.4) is 0 Å². The maximum Gasteiger partial charge on any atom is 0.191 e. The van der Waals surface area contributed by atoms with E-state index in [9.17, 15) is 0 Å². The van der Waals surface area contributed by atoms with Crippen LogP contribution in [0.1, 0.15) is 42.4 Å². The minimum atomic E-state index is 0.344. The van der Waals surface area contributed by atoms with Crippen molar-refractivity contribution in [1.29, 1.82) is 0 Å². The van der Waals surface area contributed by atoms with Crippen LogP contribution in [0.25, 0.3) is 0 Å². The molecule has 0 saturated heterocycles. The summed E-state index contributed by atoms with van der Waals surface area (Å²) in [5.74, 6) is 0.819. The van der Waals surface area contributed by atoms with Crippen LogP contribution in [0.2, 0.25) is 0 Å². The van der Waals surface area contributed by atoms with Gasteiger partial charge in [-0.15, -0.1) is 0 Å². The first-order valence-electron chi connectivity index (χ1n) is 9.21. The van der Waals surface area contributed by atoms with E-state index in [2.05, 4.69) is 63.2 Å². The molecule has 7 heteroatoms. The fraction of sp³-hybridized carbons (Fsp3) is 0.579. The van der Waals surface area contributed by atoms with Gasteiger partial charge in [0.25, 0.3) is 0 Å². The Bertz CT molecular complexity index is 700. The number of thiophene rings is 1. The molecule has 0 saturated carbocycles. The van der Waals surface area contributed by atoms with Gasteiger partial charge in [-0.05, 0) is 49.3 Å². The lowest BCUT2D eigenvalue weighted by molar-refractivity contribution is 0.219. The van der Waals surface area contributed by atoms with E-state index in [1.54, 1.807) is 11.3 Å². The van der Waals surface area contributed by atoms with Gasteiger partial charge in [0.1, 0.15) is 0 Å². The monoisotopic (exact) mass is 376 g/mol. The van der Waals surface area contributed by atoms with Gasteiger partial charge in [-0.2, -0.15) is 16.4 Å². The van der Waals surface area contributed by atoms with Crippen molar-refractivity contribution in [3.8, 4) is 0 Å². The van der Waals surface area contributed by atoms with Crippen molar-refractivity contribution in [2.24, 2.45) is 12.0 Å². The second-order valence-corrected chi connectivity index (χ2v) is 7.15. The van der Waals surface area contributed by atoms with Crippen LogP contribution in [-0.2, 0) is 13.6 Å². The number of guanidine groups is 1. The zero-order valence-electron chi connectivity index (χ0n) is 16.8. The molecule has 26 heavy (non-hydrogen) atoms. The van der Waals surface area contributed by atoms with Crippen molar-refractivity contribution in [2.45, 2.75) is 40.3 Å². The highest BCUT2D eigenvalue weighted by Gasteiger charge is 2.19. The van der Waals surface area contributed by atoms with Crippen molar-refractivity contribution >= 4 is 17.3 Å². The average molecular weight is 377 g/mol. The van der Waals surface area contributed by atoms with Crippen molar-refractivity contribution in [1.82, 2.24) is 25.3 Å². The molecular formula is C19H32N6S. The predicted molar refractivity (Wildman–Crippen MR) is 111 cm³/mol. The van der Waals surface area contributed by atoms with Crippen LogP contribution in [0.5, 0.6) is 0 Å². The summed E-state index contributed by atoms with van der Waals surface area (Å²) < 4.78 is 1.93. The van der Waals surface area contributed by atoms with Gasteiger partial charge in [0.15, 0.2) is 5.96 Å². The number of aliphatic imine (C=N–C) groups is 1. The number of rotatable bonds is 8. The lowest BCUT2D eigenvalue weighted by atomic mass is 10.1. The van der Waals surface area contributed by atoms with Crippen LogP contribution in [0.15, 0.2) is 21.8 Å². The molecule has 0 aliphatic rings. The highest BCUT2D eigenvalue weighted by molar-refractivity contribution is 7.07. The Balaban J connectivity index is 2.00. The fourth-order valence-corrected chi connectivity index (χ4v) is 3.95. The highest BCUT2D eigenvalue weighted by atomic mass is 32.1. The van der Waals surface area contributed by atoms with Crippen LogP contribution < -0.4 is 10.6 Å². The number of likely N-dealkylation sites (N-methyl/N-ethyl adjacent to an activating group) is 1. The molecule has 0 bridgehead atoms. The van der Waals surface area contributed by atoms with Gasteiger partial charge >= 0.3 is 0 Å². The summed E-state index contributed by atoms with van der Waals surface area (Å²) in [7, 11) is 3.80. The van der Waals surface area contributed by atoms with Gasteiger partial charge in [-0.3, -0.25) is 14.6 Å². The number of nitrogens with zero attached hydrogens (tertiary/aromatic N) is 4. The summed E-state index contributed by atoms with van der Waals surface area (Å²) in [6.07, 6.45) is 0. The van der Waals surface area contributed by atoms with Crippen LogP contribution in [-0.4, -0.2) is 47.3 Å². The second-order valence-electron chi connectivity index (χ2n) is 6.37. The largest absolute Gasteiger partial charge is 0.354 e. The Kier molecular flexibility index (Phi) is 7.66. The van der Waals surface area contributed by atoms with Crippen molar-refractivity contribution in [3.05, 3.63) is 39.3 Å². The van der Waals surface area contributed by atoms with Gasteiger partial charge in [0.05, 0.1) is 11.7 Å². The summed E-state index contributed by atoms with van der Waals surface area (Å²) in [6.45, 7) is 12.2. The molecule has 2 heterocycles. The third kappa shape index (κ3) is 4.86. The van der Waals surface area contributed by atoms with E-state index < -0.39 is 0 Å². The molecule has 0 fully saturated rings. The van der Waals surface area contributed by atoms with Crippen LogP contribution in [0.4, 0.5) is 0 Å². The lowest BCUT2D eigenvalue weighted by Crippen LogP contribution is -2.43. The summed E-state index contributed by atoms with van der Waals surface area (Å²) in [6, 6.07) is 2.56. The quantitative estimate of drug-likeness (QED) is 0.549. The van der Waals surface area contributed by atoms with E-state index >= 15 is 0 Å². The molecule has 1 atom stereocenters. The Morgan fingerprint density at radius 2 is 2.04 bits per heavy atom. The molecule has 2 aromatic rings.